The fourth-order valence-electron chi connectivity index (χ4n) is 1.77. The van der Waals surface area contributed by atoms with Crippen LogP contribution in [0.1, 0.15) is 16.1 Å². The fourth-order valence-corrected chi connectivity index (χ4v) is 2.11. The predicted octanol–water partition coefficient (Wildman–Crippen LogP) is 3.06. The quantitative estimate of drug-likeness (QED) is 0.845. The van der Waals surface area contributed by atoms with Gasteiger partial charge in [0.15, 0.2) is 0 Å². The number of benzene rings is 1. The van der Waals surface area contributed by atoms with E-state index in [1.54, 1.807) is 31.2 Å². The standard InChI is InChI=1S/C15H15Cl2NO4/c1-9-11(5-6-21-9)15(20)18-7-10(19)8-22-13-4-2-3-12(16)14(13)17/h2-6,10,19H,7-8H2,1H3,(H,18,20)/t10-/m0/s1. The van der Waals surface area contributed by atoms with Gasteiger partial charge in [-0.25, -0.2) is 0 Å². The highest BCUT2D eigenvalue weighted by Crippen LogP contribution is 2.31. The average Bonchev–Trinajstić information content (AvgIpc) is 2.92. The van der Waals surface area contributed by atoms with Gasteiger partial charge in [-0.3, -0.25) is 4.79 Å². The molecule has 0 radical (unpaired) electrons. The number of amides is 1. The molecule has 1 aromatic carbocycles. The fraction of sp³-hybridized carbons (Fsp3) is 0.267. The van der Waals surface area contributed by atoms with Crippen molar-refractivity contribution in [1.82, 2.24) is 5.32 Å². The first-order valence-electron chi connectivity index (χ1n) is 6.56. The van der Waals surface area contributed by atoms with E-state index in [1.807, 2.05) is 0 Å². The lowest BCUT2D eigenvalue weighted by molar-refractivity contribution is 0.0842. The van der Waals surface area contributed by atoms with Gasteiger partial charge in [0, 0.05) is 6.54 Å². The number of halogens is 2. The van der Waals surface area contributed by atoms with Crippen molar-refractivity contribution in [3.63, 3.8) is 0 Å². The smallest absolute Gasteiger partial charge is 0.254 e. The minimum absolute atomic E-state index is 0.0231. The summed E-state index contributed by atoms with van der Waals surface area (Å²) in [5, 5.41) is 13.1. The van der Waals surface area contributed by atoms with E-state index in [0.29, 0.717) is 22.1 Å². The van der Waals surface area contributed by atoms with E-state index in [9.17, 15) is 9.90 Å². The number of aliphatic hydroxyl groups excluding tert-OH is 1. The maximum absolute atomic E-state index is 11.8. The number of rotatable bonds is 6. The van der Waals surface area contributed by atoms with E-state index in [1.165, 1.54) is 6.26 Å². The number of aliphatic hydroxyl groups is 1. The maximum Gasteiger partial charge on any atom is 0.254 e. The lowest BCUT2D eigenvalue weighted by Crippen LogP contribution is -2.35. The van der Waals surface area contributed by atoms with Gasteiger partial charge in [-0.15, -0.1) is 0 Å². The van der Waals surface area contributed by atoms with E-state index in [4.69, 9.17) is 32.4 Å². The van der Waals surface area contributed by atoms with Gasteiger partial charge in [-0.05, 0) is 25.1 Å². The third-order valence-corrected chi connectivity index (χ3v) is 3.75. The summed E-state index contributed by atoms with van der Waals surface area (Å²) in [5.41, 5.74) is 0.436. The first-order valence-corrected chi connectivity index (χ1v) is 7.31. The number of ether oxygens (including phenoxy) is 1. The second kappa shape index (κ2) is 7.54. The second-order valence-electron chi connectivity index (χ2n) is 4.62. The summed E-state index contributed by atoms with van der Waals surface area (Å²) in [6.07, 6.45) is 0.552. The normalized spacial score (nSPS) is 12.0. The van der Waals surface area contributed by atoms with Crippen LogP contribution >= 0.6 is 23.2 Å². The zero-order valence-electron chi connectivity index (χ0n) is 11.8. The highest BCUT2D eigenvalue weighted by molar-refractivity contribution is 6.42. The first kappa shape index (κ1) is 16.7. The molecule has 0 aliphatic carbocycles. The molecule has 0 fully saturated rings. The van der Waals surface area contributed by atoms with E-state index in [0.717, 1.165) is 0 Å². The molecule has 0 saturated carbocycles. The van der Waals surface area contributed by atoms with Crippen molar-refractivity contribution < 1.29 is 19.1 Å². The molecule has 7 heteroatoms. The molecule has 22 heavy (non-hydrogen) atoms. The Morgan fingerprint density at radius 3 is 2.86 bits per heavy atom. The Kier molecular flexibility index (Phi) is 5.71. The Labute approximate surface area is 137 Å². The van der Waals surface area contributed by atoms with Crippen molar-refractivity contribution >= 4 is 29.1 Å². The second-order valence-corrected chi connectivity index (χ2v) is 5.40. The highest BCUT2D eigenvalue weighted by atomic mass is 35.5. The largest absolute Gasteiger partial charge is 0.489 e. The molecule has 1 aromatic heterocycles. The molecule has 1 amide bonds. The molecule has 1 atom stereocenters. The summed E-state index contributed by atoms with van der Waals surface area (Å²) >= 11 is 11.8. The zero-order valence-corrected chi connectivity index (χ0v) is 13.3. The van der Waals surface area contributed by atoms with Crippen LogP contribution in [-0.4, -0.2) is 30.3 Å². The number of nitrogens with one attached hydrogen (secondary N) is 1. The molecular formula is C15H15Cl2NO4. The van der Waals surface area contributed by atoms with Crippen LogP contribution in [0.15, 0.2) is 34.9 Å². The molecule has 0 bridgehead atoms. The Morgan fingerprint density at radius 2 is 2.18 bits per heavy atom. The lowest BCUT2D eigenvalue weighted by Gasteiger charge is -2.14. The van der Waals surface area contributed by atoms with Crippen LogP contribution in [0, 0.1) is 6.92 Å². The summed E-state index contributed by atoms with van der Waals surface area (Å²) in [7, 11) is 0. The topological polar surface area (TPSA) is 71.7 Å². The molecule has 0 aliphatic rings. The number of carbonyl (C=O) groups excluding carboxylic acids is 1. The third kappa shape index (κ3) is 4.16. The Hall–Kier alpha value is -1.69. The van der Waals surface area contributed by atoms with E-state index in [-0.39, 0.29) is 24.1 Å². The van der Waals surface area contributed by atoms with Crippen LogP contribution in [0.5, 0.6) is 5.75 Å². The molecule has 2 aromatic rings. The summed E-state index contributed by atoms with van der Waals surface area (Å²) in [6, 6.07) is 6.55. The first-order chi connectivity index (χ1) is 10.5. The summed E-state index contributed by atoms with van der Waals surface area (Å²) < 4.78 is 10.4. The summed E-state index contributed by atoms with van der Waals surface area (Å²) in [5.74, 6) is 0.588. The molecule has 0 saturated heterocycles. The van der Waals surface area contributed by atoms with Crippen molar-refractivity contribution in [2.45, 2.75) is 13.0 Å². The van der Waals surface area contributed by atoms with Gasteiger partial charge in [0.2, 0.25) is 0 Å². The Balaban J connectivity index is 1.81. The van der Waals surface area contributed by atoms with Gasteiger partial charge in [-0.1, -0.05) is 29.3 Å². The SMILES string of the molecule is Cc1occc1C(=O)NC[C@H](O)COc1cccc(Cl)c1Cl. The van der Waals surface area contributed by atoms with Crippen LogP contribution in [0.3, 0.4) is 0 Å². The Bertz CT molecular complexity index is 657. The van der Waals surface area contributed by atoms with Crippen molar-refractivity contribution in [1.29, 1.82) is 0 Å². The summed E-state index contributed by atoms with van der Waals surface area (Å²) in [6.45, 7) is 1.71. The monoisotopic (exact) mass is 343 g/mol. The van der Waals surface area contributed by atoms with Crippen molar-refractivity contribution in [2.24, 2.45) is 0 Å². The average molecular weight is 344 g/mol. The zero-order chi connectivity index (χ0) is 16.1. The number of aryl methyl sites for hydroxylation is 1. The third-order valence-electron chi connectivity index (χ3n) is 2.95. The molecular weight excluding hydrogens is 329 g/mol. The number of hydrogen-bond donors (Lipinski definition) is 2. The van der Waals surface area contributed by atoms with Crippen LogP contribution in [0.2, 0.25) is 10.0 Å². The molecule has 0 unspecified atom stereocenters. The van der Waals surface area contributed by atoms with Crippen LogP contribution in [0.4, 0.5) is 0 Å². The molecule has 5 nitrogen and oxygen atoms in total. The molecule has 1 heterocycles. The van der Waals surface area contributed by atoms with Crippen molar-refractivity contribution in [2.75, 3.05) is 13.2 Å². The minimum Gasteiger partial charge on any atom is -0.489 e. The van der Waals surface area contributed by atoms with Crippen molar-refractivity contribution in [3.8, 4) is 5.75 Å². The molecule has 118 valence electrons. The number of furan rings is 1. The van der Waals surface area contributed by atoms with Crippen LogP contribution in [-0.2, 0) is 0 Å². The summed E-state index contributed by atoms with van der Waals surface area (Å²) in [4.78, 5) is 11.8. The Morgan fingerprint density at radius 1 is 1.41 bits per heavy atom. The molecule has 0 aliphatic heterocycles. The van der Waals surface area contributed by atoms with E-state index < -0.39 is 6.10 Å². The van der Waals surface area contributed by atoms with Crippen LogP contribution in [0.25, 0.3) is 0 Å². The van der Waals surface area contributed by atoms with Gasteiger partial charge >= 0.3 is 0 Å². The van der Waals surface area contributed by atoms with Gasteiger partial charge < -0.3 is 19.6 Å². The maximum atomic E-state index is 11.8. The van der Waals surface area contributed by atoms with Crippen molar-refractivity contribution in [3.05, 3.63) is 51.9 Å². The van der Waals surface area contributed by atoms with E-state index in [2.05, 4.69) is 5.32 Å². The predicted molar refractivity (Wildman–Crippen MR) is 83.7 cm³/mol. The van der Waals surface area contributed by atoms with E-state index >= 15 is 0 Å². The van der Waals surface area contributed by atoms with Gasteiger partial charge in [-0.2, -0.15) is 0 Å². The van der Waals surface area contributed by atoms with Crippen LogP contribution < -0.4 is 10.1 Å². The van der Waals surface area contributed by atoms with Gasteiger partial charge in [0.1, 0.15) is 29.2 Å². The number of hydrogen-bond acceptors (Lipinski definition) is 4. The number of carbonyl (C=O) groups is 1. The molecule has 0 spiro atoms. The molecule has 2 rings (SSSR count). The van der Waals surface area contributed by atoms with Gasteiger partial charge in [0.25, 0.3) is 5.91 Å². The minimum atomic E-state index is -0.883. The van der Waals surface area contributed by atoms with Gasteiger partial charge in [0.05, 0.1) is 16.8 Å². The highest BCUT2D eigenvalue weighted by Gasteiger charge is 2.14. The lowest BCUT2D eigenvalue weighted by atomic mass is 10.2. The molecule has 2 N–H and O–H groups in total.